The average molecular weight is 279 g/mol. The van der Waals surface area contributed by atoms with E-state index in [1.807, 2.05) is 0 Å². The van der Waals surface area contributed by atoms with Gasteiger partial charge >= 0.3 is 0 Å². The molecule has 20 heavy (non-hydrogen) atoms. The second kappa shape index (κ2) is 10.5. The fraction of sp³-hybridized carbons (Fsp3) is 0.900. The number of hydrogen-bond donors (Lipinski definition) is 0. The molecule has 118 valence electrons. The maximum Gasteiger partial charge on any atom is -0.0322 e. The van der Waals surface area contributed by atoms with Crippen LogP contribution >= 0.6 is 0 Å². The van der Waals surface area contributed by atoms with Crippen molar-refractivity contribution in [3.05, 3.63) is 12.2 Å². The van der Waals surface area contributed by atoms with Gasteiger partial charge in [0.1, 0.15) is 0 Å². The summed E-state index contributed by atoms with van der Waals surface area (Å²) in [7, 11) is 0. The first kappa shape index (κ1) is 17.8. The van der Waals surface area contributed by atoms with Gasteiger partial charge in [-0.2, -0.15) is 0 Å². The molecule has 0 heteroatoms. The van der Waals surface area contributed by atoms with E-state index in [0.717, 1.165) is 23.7 Å². The standard InChI is InChI=1S/C20H38/c1-5-7-9-11-18(10-8-6-2)16-20-15-14-19(20)13-12-17(3)4/h6,8,17-20H,5,7,9-16H2,1-4H3. The molecule has 0 saturated heterocycles. The fourth-order valence-electron chi connectivity index (χ4n) is 3.65. The SMILES string of the molecule is CC=CCC(CCCCC)CC1CCC1CCC(C)C. The summed E-state index contributed by atoms with van der Waals surface area (Å²) in [6.45, 7) is 9.22. The Kier molecular flexibility index (Phi) is 9.31. The van der Waals surface area contributed by atoms with Gasteiger partial charge in [-0.05, 0) is 62.7 Å². The second-order valence-corrected chi connectivity index (χ2v) is 7.47. The van der Waals surface area contributed by atoms with E-state index in [1.165, 1.54) is 64.2 Å². The smallest absolute Gasteiger partial charge is 0.0322 e. The number of allylic oxidation sites excluding steroid dienone is 2. The van der Waals surface area contributed by atoms with Gasteiger partial charge in [0.05, 0.1) is 0 Å². The van der Waals surface area contributed by atoms with Gasteiger partial charge < -0.3 is 0 Å². The van der Waals surface area contributed by atoms with Gasteiger partial charge in [0, 0.05) is 0 Å². The molecule has 0 aromatic carbocycles. The zero-order valence-electron chi connectivity index (χ0n) is 14.5. The fourth-order valence-corrected chi connectivity index (χ4v) is 3.65. The summed E-state index contributed by atoms with van der Waals surface area (Å²) < 4.78 is 0. The molecule has 0 N–H and O–H groups in total. The molecule has 0 radical (unpaired) electrons. The highest BCUT2D eigenvalue weighted by molar-refractivity contribution is 4.86. The van der Waals surface area contributed by atoms with Crippen LogP contribution in [0.4, 0.5) is 0 Å². The minimum Gasteiger partial charge on any atom is -0.0917 e. The van der Waals surface area contributed by atoms with Crippen molar-refractivity contribution in [1.82, 2.24) is 0 Å². The first-order chi connectivity index (χ1) is 9.67. The third-order valence-electron chi connectivity index (χ3n) is 5.25. The van der Waals surface area contributed by atoms with Gasteiger partial charge in [-0.15, -0.1) is 0 Å². The summed E-state index contributed by atoms with van der Waals surface area (Å²) in [6.07, 6.45) is 19.1. The van der Waals surface area contributed by atoms with Crippen molar-refractivity contribution in [2.75, 3.05) is 0 Å². The van der Waals surface area contributed by atoms with Crippen LogP contribution < -0.4 is 0 Å². The molecule has 1 saturated carbocycles. The van der Waals surface area contributed by atoms with Crippen LogP contribution in [0.3, 0.4) is 0 Å². The Bertz CT molecular complexity index is 251. The summed E-state index contributed by atoms with van der Waals surface area (Å²) >= 11 is 0. The Balaban J connectivity index is 2.31. The second-order valence-electron chi connectivity index (χ2n) is 7.47. The summed E-state index contributed by atoms with van der Waals surface area (Å²) in [5, 5.41) is 0. The minimum absolute atomic E-state index is 0.889. The molecular weight excluding hydrogens is 240 g/mol. The highest BCUT2D eigenvalue weighted by atomic mass is 14.4. The summed E-state index contributed by atoms with van der Waals surface area (Å²) in [5.41, 5.74) is 0. The van der Waals surface area contributed by atoms with Crippen LogP contribution in [0.2, 0.25) is 0 Å². The maximum absolute atomic E-state index is 2.40. The van der Waals surface area contributed by atoms with E-state index >= 15 is 0 Å². The van der Waals surface area contributed by atoms with Crippen molar-refractivity contribution in [1.29, 1.82) is 0 Å². The Morgan fingerprint density at radius 3 is 2.35 bits per heavy atom. The molecule has 3 atom stereocenters. The van der Waals surface area contributed by atoms with Crippen LogP contribution in [0.5, 0.6) is 0 Å². The van der Waals surface area contributed by atoms with Crippen LogP contribution in [0, 0.1) is 23.7 Å². The molecule has 1 fully saturated rings. The molecule has 3 unspecified atom stereocenters. The van der Waals surface area contributed by atoms with Gasteiger partial charge in [0.2, 0.25) is 0 Å². The third kappa shape index (κ3) is 6.95. The molecule has 1 aliphatic carbocycles. The first-order valence-corrected chi connectivity index (χ1v) is 9.28. The lowest BCUT2D eigenvalue weighted by Crippen LogP contribution is -2.28. The van der Waals surface area contributed by atoms with Crippen molar-refractivity contribution in [2.45, 2.75) is 91.9 Å². The molecule has 0 aliphatic heterocycles. The maximum atomic E-state index is 2.40. The molecule has 0 bridgehead atoms. The highest BCUT2D eigenvalue weighted by Crippen LogP contribution is 2.43. The molecule has 1 rings (SSSR count). The first-order valence-electron chi connectivity index (χ1n) is 9.28. The lowest BCUT2D eigenvalue weighted by atomic mass is 9.66. The van der Waals surface area contributed by atoms with Gasteiger partial charge in [0.25, 0.3) is 0 Å². The topological polar surface area (TPSA) is 0 Å². The zero-order valence-corrected chi connectivity index (χ0v) is 14.5. The third-order valence-corrected chi connectivity index (χ3v) is 5.25. The molecule has 0 aromatic heterocycles. The monoisotopic (exact) mass is 278 g/mol. The van der Waals surface area contributed by atoms with Crippen LogP contribution in [-0.4, -0.2) is 0 Å². The Morgan fingerprint density at radius 2 is 1.80 bits per heavy atom. The molecule has 0 amide bonds. The lowest BCUT2D eigenvalue weighted by molar-refractivity contribution is 0.121. The van der Waals surface area contributed by atoms with Crippen molar-refractivity contribution in [3.63, 3.8) is 0 Å². The van der Waals surface area contributed by atoms with Gasteiger partial charge in [-0.3, -0.25) is 0 Å². The Labute approximate surface area is 128 Å². The minimum atomic E-state index is 0.889. The highest BCUT2D eigenvalue weighted by Gasteiger charge is 2.31. The van der Waals surface area contributed by atoms with Crippen LogP contribution in [0.1, 0.15) is 91.9 Å². The predicted octanol–water partition coefficient (Wildman–Crippen LogP) is 7.00. The Morgan fingerprint density at radius 1 is 1.05 bits per heavy atom. The van der Waals surface area contributed by atoms with E-state index in [2.05, 4.69) is 39.8 Å². The van der Waals surface area contributed by atoms with Gasteiger partial charge in [-0.25, -0.2) is 0 Å². The average Bonchev–Trinajstić information content (AvgIpc) is 2.39. The van der Waals surface area contributed by atoms with Gasteiger partial charge in [0.15, 0.2) is 0 Å². The molecule has 0 aromatic rings. The van der Waals surface area contributed by atoms with Crippen LogP contribution in [-0.2, 0) is 0 Å². The van der Waals surface area contributed by atoms with E-state index < -0.39 is 0 Å². The largest absolute Gasteiger partial charge is 0.0917 e. The van der Waals surface area contributed by atoms with Crippen LogP contribution in [0.25, 0.3) is 0 Å². The quantitative estimate of drug-likeness (QED) is 0.282. The molecule has 1 aliphatic rings. The number of rotatable bonds is 11. The molecule has 0 spiro atoms. The summed E-state index contributed by atoms with van der Waals surface area (Å²) in [6, 6.07) is 0. The van der Waals surface area contributed by atoms with Crippen LogP contribution in [0.15, 0.2) is 12.2 Å². The summed E-state index contributed by atoms with van der Waals surface area (Å²) in [5.74, 6) is 3.98. The van der Waals surface area contributed by atoms with E-state index in [9.17, 15) is 0 Å². The molecular formula is C20H38. The predicted molar refractivity (Wildman–Crippen MR) is 92.0 cm³/mol. The lowest BCUT2D eigenvalue weighted by Gasteiger charge is -2.39. The van der Waals surface area contributed by atoms with E-state index in [4.69, 9.17) is 0 Å². The number of hydrogen-bond acceptors (Lipinski definition) is 0. The Hall–Kier alpha value is -0.260. The molecule has 0 heterocycles. The van der Waals surface area contributed by atoms with Crippen molar-refractivity contribution < 1.29 is 0 Å². The normalized spacial score (nSPS) is 24.2. The summed E-state index contributed by atoms with van der Waals surface area (Å²) in [4.78, 5) is 0. The number of unbranched alkanes of at least 4 members (excludes halogenated alkanes) is 2. The van der Waals surface area contributed by atoms with Crippen molar-refractivity contribution in [3.8, 4) is 0 Å². The van der Waals surface area contributed by atoms with Crippen molar-refractivity contribution >= 4 is 0 Å². The van der Waals surface area contributed by atoms with Gasteiger partial charge in [-0.1, -0.05) is 65.0 Å². The van der Waals surface area contributed by atoms with Crippen molar-refractivity contribution in [2.24, 2.45) is 23.7 Å². The zero-order chi connectivity index (χ0) is 14.8. The van der Waals surface area contributed by atoms with E-state index in [-0.39, 0.29) is 0 Å². The van der Waals surface area contributed by atoms with E-state index in [1.54, 1.807) is 0 Å². The van der Waals surface area contributed by atoms with E-state index in [0.29, 0.717) is 0 Å². The molecule has 0 nitrogen and oxygen atoms in total.